The summed E-state index contributed by atoms with van der Waals surface area (Å²) >= 11 is 0. The van der Waals surface area contributed by atoms with Gasteiger partial charge in [0.1, 0.15) is 5.82 Å². The molecule has 1 aromatic carbocycles. The summed E-state index contributed by atoms with van der Waals surface area (Å²) in [6.45, 7) is 4.36. The predicted octanol–water partition coefficient (Wildman–Crippen LogP) is 3.06. The molecule has 1 N–H and O–H groups in total. The second-order valence-electron chi connectivity index (χ2n) is 6.36. The van der Waals surface area contributed by atoms with E-state index in [0.717, 1.165) is 37.9 Å². The largest absolute Gasteiger partial charge is 0.338 e. The minimum atomic E-state index is -0.151. The van der Waals surface area contributed by atoms with E-state index in [0.29, 0.717) is 24.3 Å². The first kappa shape index (κ1) is 17.2. The minimum absolute atomic E-state index is 0.151. The zero-order valence-corrected chi connectivity index (χ0v) is 14.6. The van der Waals surface area contributed by atoms with Crippen LogP contribution in [0.15, 0.2) is 36.5 Å². The number of nitrogens with one attached hydrogen (secondary N) is 1. The number of carbonyl (C=O) groups excluding carboxylic acids is 2. The fourth-order valence-corrected chi connectivity index (χ4v) is 2.97. The highest BCUT2D eigenvalue weighted by atomic mass is 16.2. The molecule has 6 heteroatoms. The minimum Gasteiger partial charge on any atom is -0.338 e. The Labute approximate surface area is 147 Å². The zero-order chi connectivity index (χ0) is 17.6. The van der Waals surface area contributed by atoms with E-state index < -0.39 is 0 Å². The highest BCUT2D eigenvalue weighted by Crippen LogP contribution is 2.16. The van der Waals surface area contributed by atoms with Gasteiger partial charge in [-0.05, 0) is 30.5 Å². The Bertz CT molecular complexity index is 736. The van der Waals surface area contributed by atoms with Crippen molar-refractivity contribution in [2.45, 2.75) is 45.7 Å². The smallest absolute Gasteiger partial charge is 0.256 e. The molecule has 132 valence electrons. The molecule has 2 heterocycles. The highest BCUT2D eigenvalue weighted by Gasteiger charge is 2.20. The van der Waals surface area contributed by atoms with Gasteiger partial charge < -0.3 is 10.2 Å². The Balaban J connectivity index is 1.61. The number of aromatic nitrogens is 2. The van der Waals surface area contributed by atoms with Gasteiger partial charge in [0, 0.05) is 37.7 Å². The van der Waals surface area contributed by atoms with Crippen LogP contribution in [0.5, 0.6) is 0 Å². The van der Waals surface area contributed by atoms with Crippen molar-refractivity contribution in [3.8, 4) is 0 Å². The maximum absolute atomic E-state index is 12.4. The van der Waals surface area contributed by atoms with Crippen LogP contribution in [0.4, 0.5) is 5.82 Å². The molecule has 6 nitrogen and oxygen atoms in total. The Morgan fingerprint density at radius 3 is 2.72 bits per heavy atom. The first-order valence-electron chi connectivity index (χ1n) is 8.87. The van der Waals surface area contributed by atoms with Crippen molar-refractivity contribution < 1.29 is 9.59 Å². The number of anilines is 1. The molecule has 1 saturated heterocycles. The molecule has 2 aromatic rings. The molecule has 0 atom stereocenters. The lowest BCUT2D eigenvalue weighted by atomic mass is 10.1. The molecule has 2 amide bonds. The summed E-state index contributed by atoms with van der Waals surface area (Å²) in [6.07, 6.45) is 5.38. The third-order valence-corrected chi connectivity index (χ3v) is 4.44. The van der Waals surface area contributed by atoms with Crippen LogP contribution in [0.3, 0.4) is 0 Å². The van der Waals surface area contributed by atoms with Crippen LogP contribution in [-0.4, -0.2) is 33.0 Å². The normalized spacial score (nSPS) is 14.1. The Morgan fingerprint density at radius 2 is 2.04 bits per heavy atom. The van der Waals surface area contributed by atoms with Crippen LogP contribution in [0.25, 0.3) is 0 Å². The van der Waals surface area contributed by atoms with E-state index in [2.05, 4.69) is 17.3 Å². The summed E-state index contributed by atoms with van der Waals surface area (Å²) in [6, 6.07) is 9.24. The van der Waals surface area contributed by atoms with Crippen molar-refractivity contribution in [3.63, 3.8) is 0 Å². The van der Waals surface area contributed by atoms with Crippen LogP contribution in [0, 0.1) is 0 Å². The maximum atomic E-state index is 12.4. The summed E-state index contributed by atoms with van der Waals surface area (Å²) in [5, 5.41) is 7.16. The van der Waals surface area contributed by atoms with Gasteiger partial charge in [0.15, 0.2) is 0 Å². The van der Waals surface area contributed by atoms with Crippen LogP contribution in [0.2, 0.25) is 0 Å². The zero-order valence-electron chi connectivity index (χ0n) is 14.6. The quantitative estimate of drug-likeness (QED) is 0.842. The van der Waals surface area contributed by atoms with Crippen molar-refractivity contribution in [1.29, 1.82) is 0 Å². The third-order valence-electron chi connectivity index (χ3n) is 4.44. The Morgan fingerprint density at radius 1 is 1.24 bits per heavy atom. The number of unbranched alkanes of at least 4 members (excludes halogenated alkanes) is 1. The number of rotatable bonds is 7. The van der Waals surface area contributed by atoms with Crippen molar-refractivity contribution in [1.82, 2.24) is 14.7 Å². The number of likely N-dealkylation sites (tertiary alicyclic amines) is 1. The van der Waals surface area contributed by atoms with Gasteiger partial charge in [-0.2, -0.15) is 5.10 Å². The Kier molecular flexibility index (Phi) is 5.48. The molecule has 1 fully saturated rings. The average molecular weight is 340 g/mol. The van der Waals surface area contributed by atoms with Gasteiger partial charge in [0.05, 0.1) is 6.20 Å². The van der Waals surface area contributed by atoms with E-state index in [1.165, 1.54) is 0 Å². The van der Waals surface area contributed by atoms with Crippen molar-refractivity contribution >= 4 is 17.6 Å². The van der Waals surface area contributed by atoms with Crippen molar-refractivity contribution in [2.75, 3.05) is 11.9 Å². The first-order chi connectivity index (χ1) is 12.2. The standard InChI is InChI=1S/C19H24N4O2/c1-2-3-13-23-17(10-11-20-23)21-19(25)16-8-6-15(7-9-16)14-22-12-4-5-18(22)24/h6-11H,2-5,12-14H2,1H3,(H,21,25). The average Bonchev–Trinajstić information content (AvgIpc) is 3.23. The third kappa shape index (κ3) is 4.26. The van der Waals surface area contributed by atoms with Gasteiger partial charge in [0.25, 0.3) is 5.91 Å². The van der Waals surface area contributed by atoms with E-state index in [4.69, 9.17) is 0 Å². The molecule has 1 aromatic heterocycles. The molecule has 0 radical (unpaired) electrons. The van der Waals surface area contributed by atoms with Crippen molar-refractivity contribution in [3.05, 3.63) is 47.7 Å². The van der Waals surface area contributed by atoms with E-state index in [1.807, 2.05) is 21.7 Å². The van der Waals surface area contributed by atoms with Gasteiger partial charge in [-0.1, -0.05) is 25.5 Å². The van der Waals surface area contributed by atoms with E-state index in [1.54, 1.807) is 24.4 Å². The molecule has 0 bridgehead atoms. The van der Waals surface area contributed by atoms with Gasteiger partial charge in [-0.3, -0.25) is 9.59 Å². The molecule has 0 spiro atoms. The molecule has 1 aliphatic rings. The lowest BCUT2D eigenvalue weighted by Gasteiger charge is -2.15. The first-order valence-corrected chi connectivity index (χ1v) is 8.87. The monoisotopic (exact) mass is 340 g/mol. The number of hydrogen-bond acceptors (Lipinski definition) is 3. The topological polar surface area (TPSA) is 67.2 Å². The van der Waals surface area contributed by atoms with Gasteiger partial charge in [-0.15, -0.1) is 0 Å². The summed E-state index contributed by atoms with van der Waals surface area (Å²) in [5.74, 6) is 0.773. The highest BCUT2D eigenvalue weighted by molar-refractivity contribution is 6.03. The summed E-state index contributed by atoms with van der Waals surface area (Å²) in [7, 11) is 0. The van der Waals surface area contributed by atoms with Crippen LogP contribution in [-0.2, 0) is 17.9 Å². The lowest BCUT2D eigenvalue weighted by Crippen LogP contribution is -2.23. The SMILES string of the molecule is CCCCn1nccc1NC(=O)c1ccc(CN2CCCC2=O)cc1. The number of benzene rings is 1. The molecule has 1 aliphatic heterocycles. The van der Waals surface area contributed by atoms with E-state index >= 15 is 0 Å². The Hall–Kier alpha value is -2.63. The lowest BCUT2D eigenvalue weighted by molar-refractivity contribution is -0.128. The van der Waals surface area contributed by atoms with Crippen LogP contribution < -0.4 is 5.32 Å². The molecule has 0 unspecified atom stereocenters. The predicted molar refractivity (Wildman–Crippen MR) is 96.2 cm³/mol. The second kappa shape index (κ2) is 7.96. The number of carbonyl (C=O) groups is 2. The van der Waals surface area contributed by atoms with Gasteiger partial charge in [0.2, 0.25) is 5.91 Å². The van der Waals surface area contributed by atoms with Crippen molar-refractivity contribution in [2.24, 2.45) is 0 Å². The van der Waals surface area contributed by atoms with E-state index in [9.17, 15) is 9.59 Å². The molecule has 3 rings (SSSR count). The molecular weight excluding hydrogens is 316 g/mol. The van der Waals surface area contributed by atoms with Gasteiger partial charge in [-0.25, -0.2) is 4.68 Å². The van der Waals surface area contributed by atoms with Gasteiger partial charge >= 0.3 is 0 Å². The second-order valence-corrected chi connectivity index (χ2v) is 6.36. The number of nitrogens with zero attached hydrogens (tertiary/aromatic N) is 3. The van der Waals surface area contributed by atoms with Crippen LogP contribution in [0.1, 0.15) is 48.5 Å². The number of amides is 2. The molecule has 0 saturated carbocycles. The summed E-state index contributed by atoms with van der Waals surface area (Å²) in [4.78, 5) is 26.0. The fourth-order valence-electron chi connectivity index (χ4n) is 2.97. The summed E-state index contributed by atoms with van der Waals surface area (Å²) < 4.78 is 1.81. The number of hydrogen-bond donors (Lipinski definition) is 1. The molecule has 25 heavy (non-hydrogen) atoms. The molecular formula is C19H24N4O2. The summed E-state index contributed by atoms with van der Waals surface area (Å²) in [5.41, 5.74) is 1.64. The fraction of sp³-hybridized carbons (Fsp3) is 0.421. The van der Waals surface area contributed by atoms with Crippen LogP contribution >= 0.6 is 0 Å². The molecule has 0 aliphatic carbocycles. The number of aryl methyl sites for hydroxylation is 1. The van der Waals surface area contributed by atoms with E-state index in [-0.39, 0.29) is 11.8 Å². The maximum Gasteiger partial charge on any atom is 0.256 e.